The molecule has 0 aliphatic heterocycles. The lowest BCUT2D eigenvalue weighted by molar-refractivity contribution is 0.432. The van der Waals surface area contributed by atoms with Gasteiger partial charge in [0.25, 0.3) is 5.89 Å². The Morgan fingerprint density at radius 1 is 1.17 bits per heavy atom. The summed E-state index contributed by atoms with van der Waals surface area (Å²) in [5.41, 5.74) is 8.66. The quantitative estimate of drug-likeness (QED) is 0.770. The Bertz CT molecular complexity index is 789. The van der Waals surface area contributed by atoms with Gasteiger partial charge in [0, 0.05) is 12.1 Å². The molecule has 23 heavy (non-hydrogen) atoms. The van der Waals surface area contributed by atoms with Crippen molar-refractivity contribution in [3.05, 3.63) is 40.5 Å². The number of thiazole rings is 1. The molecule has 0 aliphatic rings. The van der Waals surface area contributed by atoms with Crippen LogP contribution >= 0.6 is 11.3 Å². The highest BCUT2D eigenvalue weighted by atomic mass is 32.1. The number of hydrogen-bond donors (Lipinski definition) is 1. The zero-order valence-corrected chi connectivity index (χ0v) is 14.4. The summed E-state index contributed by atoms with van der Waals surface area (Å²) in [6.07, 6.45) is 0.905. The highest BCUT2D eigenvalue weighted by Crippen LogP contribution is 2.31. The minimum atomic E-state index is 0.524. The highest BCUT2D eigenvalue weighted by molar-refractivity contribution is 7.15. The van der Waals surface area contributed by atoms with Crippen LogP contribution in [-0.4, -0.2) is 15.1 Å². The number of nitrogens with zero attached hydrogens (tertiary/aromatic N) is 3. The Balaban J connectivity index is 1.92. The molecule has 6 heteroatoms. The van der Waals surface area contributed by atoms with Crippen LogP contribution in [0.25, 0.3) is 22.2 Å². The van der Waals surface area contributed by atoms with Crippen LogP contribution in [0.5, 0.6) is 0 Å². The molecular weight excluding hydrogens is 308 g/mol. The molecule has 1 aromatic carbocycles. The van der Waals surface area contributed by atoms with Gasteiger partial charge in [0.05, 0.1) is 10.7 Å². The van der Waals surface area contributed by atoms with Gasteiger partial charge in [-0.1, -0.05) is 43.3 Å². The van der Waals surface area contributed by atoms with E-state index in [-0.39, 0.29) is 0 Å². The van der Waals surface area contributed by atoms with Crippen LogP contribution in [0.2, 0.25) is 0 Å². The van der Waals surface area contributed by atoms with E-state index in [1.807, 2.05) is 31.2 Å². The monoisotopic (exact) mass is 328 g/mol. The van der Waals surface area contributed by atoms with Gasteiger partial charge in [-0.05, 0) is 24.8 Å². The minimum Gasteiger partial charge on any atom is -0.333 e. The highest BCUT2D eigenvalue weighted by Gasteiger charge is 2.19. The first-order valence-electron chi connectivity index (χ1n) is 7.66. The first-order valence-corrected chi connectivity index (χ1v) is 8.48. The molecule has 0 fully saturated rings. The van der Waals surface area contributed by atoms with E-state index in [4.69, 9.17) is 10.3 Å². The number of hydrogen-bond acceptors (Lipinski definition) is 6. The molecule has 0 radical (unpaired) electrons. The maximum Gasteiger partial charge on any atom is 0.270 e. The summed E-state index contributed by atoms with van der Waals surface area (Å²) in [6.45, 7) is 6.88. The van der Waals surface area contributed by atoms with Crippen LogP contribution in [0.1, 0.15) is 30.1 Å². The molecule has 2 aromatic heterocycles. The van der Waals surface area contributed by atoms with Crippen LogP contribution in [-0.2, 0) is 13.0 Å². The van der Waals surface area contributed by atoms with Crippen LogP contribution in [0, 0.1) is 12.8 Å². The van der Waals surface area contributed by atoms with Gasteiger partial charge < -0.3 is 10.3 Å². The molecular formula is C17H20N4OS. The lowest BCUT2D eigenvalue weighted by Crippen LogP contribution is -1.96. The molecule has 120 valence electrons. The van der Waals surface area contributed by atoms with Gasteiger partial charge in [0.1, 0.15) is 4.88 Å². The Morgan fingerprint density at radius 2 is 1.91 bits per heavy atom. The molecule has 2 N–H and O–H groups in total. The average molecular weight is 328 g/mol. The van der Waals surface area contributed by atoms with E-state index in [2.05, 4.69) is 29.0 Å². The molecule has 0 aliphatic carbocycles. The molecule has 0 amide bonds. The third-order valence-corrected chi connectivity index (χ3v) is 4.48. The van der Waals surface area contributed by atoms with Gasteiger partial charge in [-0.25, -0.2) is 4.98 Å². The standard InChI is InChI=1S/C17H20N4OS/c1-10(2)8-14-15(23-11(3)19-14)17-20-16(21-22-17)13-6-4-12(9-18)5-7-13/h4-7,10H,8-9,18H2,1-3H3. The van der Waals surface area contributed by atoms with E-state index in [9.17, 15) is 0 Å². The van der Waals surface area contributed by atoms with Gasteiger partial charge in [-0.3, -0.25) is 0 Å². The SMILES string of the molecule is Cc1nc(CC(C)C)c(-c2nc(-c3ccc(CN)cc3)no2)s1. The second-order valence-corrected chi connectivity index (χ2v) is 7.13. The van der Waals surface area contributed by atoms with Gasteiger partial charge >= 0.3 is 0 Å². The average Bonchev–Trinajstić information content (AvgIpc) is 3.13. The number of benzene rings is 1. The number of aryl methyl sites for hydroxylation is 1. The van der Waals surface area contributed by atoms with Crippen LogP contribution in [0.3, 0.4) is 0 Å². The van der Waals surface area contributed by atoms with E-state index in [1.165, 1.54) is 0 Å². The number of nitrogens with two attached hydrogens (primary N) is 1. The molecule has 0 spiro atoms. The normalized spacial score (nSPS) is 11.3. The van der Waals surface area contributed by atoms with Crippen molar-refractivity contribution in [1.82, 2.24) is 15.1 Å². The molecule has 0 unspecified atom stereocenters. The first-order chi connectivity index (χ1) is 11.1. The van der Waals surface area contributed by atoms with E-state index in [1.54, 1.807) is 11.3 Å². The smallest absolute Gasteiger partial charge is 0.270 e. The van der Waals surface area contributed by atoms with Crippen molar-refractivity contribution in [3.63, 3.8) is 0 Å². The lowest BCUT2D eigenvalue weighted by Gasteiger charge is -2.01. The van der Waals surface area contributed by atoms with Gasteiger partial charge in [0.2, 0.25) is 5.82 Å². The molecule has 0 atom stereocenters. The van der Waals surface area contributed by atoms with E-state index < -0.39 is 0 Å². The minimum absolute atomic E-state index is 0.524. The van der Waals surface area contributed by atoms with Crippen molar-refractivity contribution in [3.8, 4) is 22.2 Å². The van der Waals surface area contributed by atoms with Gasteiger partial charge in [0.15, 0.2) is 0 Å². The van der Waals surface area contributed by atoms with Crippen molar-refractivity contribution >= 4 is 11.3 Å². The van der Waals surface area contributed by atoms with E-state index in [0.29, 0.717) is 24.2 Å². The predicted molar refractivity (Wildman–Crippen MR) is 92.0 cm³/mol. The molecule has 0 saturated heterocycles. The molecule has 3 aromatic rings. The number of rotatable bonds is 5. The van der Waals surface area contributed by atoms with Gasteiger partial charge in [-0.2, -0.15) is 4.98 Å². The first kappa shape index (κ1) is 15.8. The second kappa shape index (κ2) is 6.60. The fourth-order valence-corrected chi connectivity index (χ4v) is 3.25. The summed E-state index contributed by atoms with van der Waals surface area (Å²) in [5, 5.41) is 5.13. The lowest BCUT2D eigenvalue weighted by atomic mass is 10.1. The molecule has 0 saturated carbocycles. The Hall–Kier alpha value is -2.05. The summed E-state index contributed by atoms with van der Waals surface area (Å²) in [6, 6.07) is 7.88. The Kier molecular flexibility index (Phi) is 4.54. The summed E-state index contributed by atoms with van der Waals surface area (Å²) >= 11 is 1.60. The topological polar surface area (TPSA) is 77.8 Å². The summed E-state index contributed by atoms with van der Waals surface area (Å²) < 4.78 is 5.48. The van der Waals surface area contributed by atoms with Crippen molar-refractivity contribution < 1.29 is 4.52 Å². The molecule has 2 heterocycles. The third-order valence-electron chi connectivity index (χ3n) is 3.47. The summed E-state index contributed by atoms with van der Waals surface area (Å²) in [4.78, 5) is 10.1. The molecule has 5 nitrogen and oxygen atoms in total. The van der Waals surface area contributed by atoms with Gasteiger partial charge in [-0.15, -0.1) is 11.3 Å². The summed E-state index contributed by atoms with van der Waals surface area (Å²) in [7, 11) is 0. The van der Waals surface area contributed by atoms with Crippen molar-refractivity contribution in [2.45, 2.75) is 33.7 Å². The van der Waals surface area contributed by atoms with E-state index in [0.717, 1.165) is 33.1 Å². The van der Waals surface area contributed by atoms with E-state index >= 15 is 0 Å². The molecule has 3 rings (SSSR count). The predicted octanol–water partition coefficient (Wildman–Crippen LogP) is 3.83. The number of aromatic nitrogens is 3. The van der Waals surface area contributed by atoms with Crippen LogP contribution < -0.4 is 5.73 Å². The molecule has 0 bridgehead atoms. The van der Waals surface area contributed by atoms with Crippen LogP contribution in [0.15, 0.2) is 28.8 Å². The van der Waals surface area contributed by atoms with Crippen molar-refractivity contribution in [2.24, 2.45) is 11.7 Å². The maximum absolute atomic E-state index is 5.62. The fraction of sp³-hybridized carbons (Fsp3) is 0.353. The van der Waals surface area contributed by atoms with Crippen LogP contribution in [0.4, 0.5) is 0 Å². The largest absolute Gasteiger partial charge is 0.333 e. The summed E-state index contributed by atoms with van der Waals surface area (Å²) in [5.74, 6) is 1.66. The van der Waals surface area contributed by atoms with Crippen molar-refractivity contribution in [1.29, 1.82) is 0 Å². The third kappa shape index (κ3) is 3.48. The second-order valence-electron chi connectivity index (χ2n) is 5.93. The zero-order chi connectivity index (χ0) is 16.4. The Labute approximate surface area is 139 Å². The Morgan fingerprint density at radius 3 is 2.57 bits per heavy atom. The fourth-order valence-electron chi connectivity index (χ4n) is 2.39. The maximum atomic E-state index is 5.62. The zero-order valence-electron chi connectivity index (χ0n) is 13.5. The van der Waals surface area contributed by atoms with Crippen molar-refractivity contribution in [2.75, 3.05) is 0 Å².